The number of rotatable bonds is 4. The Kier molecular flexibility index (Phi) is 7.84. The fourth-order valence-electron chi connectivity index (χ4n) is 1.27. The van der Waals surface area contributed by atoms with Crippen LogP contribution in [0, 0.1) is 6.92 Å². The molecule has 0 saturated carbocycles. The normalized spacial score (nSPS) is 13.1. The summed E-state index contributed by atoms with van der Waals surface area (Å²) in [5.41, 5.74) is -11.1. The Morgan fingerprint density at radius 1 is 0.960 bits per heavy atom. The summed E-state index contributed by atoms with van der Waals surface area (Å²) in [7, 11) is -13.4. The monoisotopic (exact) mass is 416 g/mol. The highest BCUT2D eigenvalue weighted by molar-refractivity contribution is 8.13. The zero-order chi connectivity index (χ0) is 20.1. The summed E-state index contributed by atoms with van der Waals surface area (Å²) < 4.78 is 111. The zero-order valence-corrected chi connectivity index (χ0v) is 14.5. The van der Waals surface area contributed by atoms with E-state index in [9.17, 15) is 43.2 Å². The molecule has 1 aromatic rings. The van der Waals surface area contributed by atoms with Crippen LogP contribution in [0.4, 0.5) is 26.3 Å². The number of sulfonamides is 2. The zero-order valence-electron chi connectivity index (χ0n) is 12.8. The highest BCUT2D eigenvalue weighted by atomic mass is 32.3. The van der Waals surface area contributed by atoms with E-state index >= 15 is 0 Å². The maximum Gasteiger partial charge on any atom is 0.480 e. The minimum absolute atomic E-state index is 0.778. The maximum atomic E-state index is 11.4. The number of nitrogens with zero attached hydrogens (tertiary/aromatic N) is 2. The van der Waals surface area contributed by atoms with Crippen LogP contribution < -0.4 is 4.57 Å². The van der Waals surface area contributed by atoms with Crippen LogP contribution in [0.1, 0.15) is 19.0 Å². The van der Waals surface area contributed by atoms with E-state index in [2.05, 4.69) is 42.8 Å². The third kappa shape index (κ3) is 7.15. The molecule has 0 aromatic carbocycles. The Balaban J connectivity index is 0.000000496. The maximum absolute atomic E-state index is 11.4. The molecule has 0 aliphatic carbocycles. The van der Waals surface area contributed by atoms with Crippen molar-refractivity contribution in [2.24, 2.45) is 0 Å². The van der Waals surface area contributed by atoms with Crippen molar-refractivity contribution in [2.45, 2.75) is 37.8 Å². The number of hydrogen-bond donors (Lipinski definition) is 0. The first-order chi connectivity index (χ1) is 11.0. The molecule has 0 atom stereocenters. The van der Waals surface area contributed by atoms with Crippen molar-refractivity contribution >= 4 is 20.0 Å². The van der Waals surface area contributed by atoms with Crippen LogP contribution in [0.5, 0.6) is 0 Å². The Labute approximate surface area is 140 Å². The number of alkyl halides is 6. The van der Waals surface area contributed by atoms with Gasteiger partial charge in [-0.1, -0.05) is 13.0 Å². The Bertz CT molecular complexity index is 730. The molecule has 0 bridgehead atoms. The summed E-state index contributed by atoms with van der Waals surface area (Å²) in [6, 6.07) is 6.28. The van der Waals surface area contributed by atoms with Crippen LogP contribution in [0.2, 0.25) is 0 Å². The molecule has 14 heteroatoms. The molecule has 1 rings (SSSR count). The number of aromatic nitrogens is 1. The van der Waals surface area contributed by atoms with E-state index in [1.807, 2.05) is 0 Å². The minimum Gasteiger partial charge on any atom is -0.421 e. The first-order valence-corrected chi connectivity index (χ1v) is 9.25. The highest BCUT2D eigenvalue weighted by Gasteiger charge is 2.46. The van der Waals surface area contributed by atoms with Gasteiger partial charge in [-0.2, -0.15) is 26.3 Å². The molecule has 0 unspecified atom stereocenters. The standard InChI is InChI=1S/C9H14N.C2F6NO4S2/c1-3-7-10-8-5-4-6-9(10)2;3-1(4,5)14(10,11)9-15(12,13)2(6,7)8/h4-6,8H,3,7H2,1-2H3;/q+1;-1. The summed E-state index contributed by atoms with van der Waals surface area (Å²) in [5.74, 6) is 0. The summed E-state index contributed by atoms with van der Waals surface area (Å²) in [4.78, 5) is 0. The molecule has 0 spiro atoms. The largest absolute Gasteiger partial charge is 0.480 e. The van der Waals surface area contributed by atoms with Gasteiger partial charge in [0.05, 0.1) is 0 Å². The van der Waals surface area contributed by atoms with Gasteiger partial charge in [-0.15, -0.1) is 0 Å². The molecule has 1 aromatic heterocycles. The summed E-state index contributed by atoms with van der Waals surface area (Å²) in [6.07, 6.45) is 3.33. The minimum atomic E-state index is -6.72. The lowest BCUT2D eigenvalue weighted by molar-refractivity contribution is -0.702. The molecule has 0 aliphatic rings. The van der Waals surface area contributed by atoms with Crippen molar-refractivity contribution in [1.29, 1.82) is 0 Å². The first-order valence-electron chi connectivity index (χ1n) is 6.37. The Morgan fingerprint density at radius 2 is 1.40 bits per heavy atom. The highest BCUT2D eigenvalue weighted by Crippen LogP contribution is 2.36. The van der Waals surface area contributed by atoms with Crippen LogP contribution in [-0.4, -0.2) is 27.9 Å². The van der Waals surface area contributed by atoms with E-state index in [0.717, 1.165) is 10.7 Å². The summed E-state index contributed by atoms with van der Waals surface area (Å²) in [6.45, 7) is 5.46. The van der Waals surface area contributed by atoms with Gasteiger partial charge in [0, 0.05) is 25.5 Å². The van der Waals surface area contributed by atoms with Crippen molar-refractivity contribution < 1.29 is 47.7 Å². The van der Waals surface area contributed by atoms with Gasteiger partial charge < -0.3 is 4.13 Å². The second-order valence-corrected chi connectivity index (χ2v) is 7.87. The molecule has 0 amide bonds. The van der Waals surface area contributed by atoms with Crippen molar-refractivity contribution in [3.63, 3.8) is 0 Å². The summed E-state index contributed by atoms with van der Waals surface area (Å²) >= 11 is 0. The molecular weight excluding hydrogens is 402 g/mol. The van der Waals surface area contributed by atoms with Crippen LogP contribution in [0.15, 0.2) is 24.4 Å². The Hall–Kier alpha value is -1.41. The molecule has 0 saturated heterocycles. The van der Waals surface area contributed by atoms with Gasteiger partial charge in [0.1, 0.15) is 6.54 Å². The van der Waals surface area contributed by atoms with Crippen molar-refractivity contribution in [2.75, 3.05) is 0 Å². The van der Waals surface area contributed by atoms with Gasteiger partial charge >= 0.3 is 11.0 Å². The van der Waals surface area contributed by atoms with Crippen LogP contribution in [0.3, 0.4) is 0 Å². The van der Waals surface area contributed by atoms with E-state index in [-0.39, 0.29) is 0 Å². The van der Waals surface area contributed by atoms with Crippen LogP contribution in [-0.2, 0) is 26.6 Å². The average Bonchev–Trinajstić information content (AvgIpc) is 2.38. The number of pyridine rings is 1. The number of halogens is 6. The smallest absolute Gasteiger partial charge is 0.421 e. The van der Waals surface area contributed by atoms with Gasteiger partial charge in [0.15, 0.2) is 31.9 Å². The topological polar surface area (TPSA) is 86.3 Å². The van der Waals surface area contributed by atoms with E-state index in [1.54, 1.807) is 0 Å². The fourth-order valence-corrected chi connectivity index (χ4v) is 2.98. The molecule has 6 nitrogen and oxygen atoms in total. The number of hydrogen-bond acceptors (Lipinski definition) is 4. The van der Waals surface area contributed by atoms with Crippen molar-refractivity contribution in [3.05, 3.63) is 34.2 Å². The predicted octanol–water partition coefficient (Wildman–Crippen LogP) is 2.75. The lowest BCUT2D eigenvalue weighted by atomic mass is 10.3. The lowest BCUT2D eigenvalue weighted by Gasteiger charge is -2.22. The predicted molar refractivity (Wildman–Crippen MR) is 75.0 cm³/mol. The molecular formula is C11H14F6N2O4S2. The molecule has 0 N–H and O–H groups in total. The summed E-state index contributed by atoms with van der Waals surface area (Å²) in [5, 5.41) is 0. The molecule has 0 radical (unpaired) electrons. The van der Waals surface area contributed by atoms with Crippen LogP contribution in [0.25, 0.3) is 4.13 Å². The van der Waals surface area contributed by atoms with Gasteiger partial charge in [-0.05, 0) is 0 Å². The van der Waals surface area contributed by atoms with Gasteiger partial charge in [0.2, 0.25) is 0 Å². The average molecular weight is 416 g/mol. The van der Waals surface area contributed by atoms with Crippen molar-refractivity contribution in [3.8, 4) is 0 Å². The quantitative estimate of drug-likeness (QED) is 0.558. The molecule has 146 valence electrons. The molecule has 1 heterocycles. The van der Waals surface area contributed by atoms with E-state index in [0.29, 0.717) is 0 Å². The van der Waals surface area contributed by atoms with E-state index < -0.39 is 31.1 Å². The van der Waals surface area contributed by atoms with E-state index in [4.69, 9.17) is 0 Å². The molecule has 0 aliphatic heterocycles. The fraction of sp³-hybridized carbons (Fsp3) is 0.545. The second-order valence-electron chi connectivity index (χ2n) is 4.45. The molecule has 25 heavy (non-hydrogen) atoms. The molecule has 0 fully saturated rings. The third-order valence-corrected chi connectivity index (χ3v) is 5.15. The second kappa shape index (κ2) is 8.31. The van der Waals surface area contributed by atoms with E-state index in [1.165, 1.54) is 12.1 Å². The van der Waals surface area contributed by atoms with Gasteiger partial charge in [-0.25, -0.2) is 21.4 Å². The van der Waals surface area contributed by atoms with Gasteiger partial charge in [0.25, 0.3) is 0 Å². The number of aryl methyl sites for hydroxylation is 2. The third-order valence-electron chi connectivity index (χ3n) is 2.41. The van der Waals surface area contributed by atoms with Crippen molar-refractivity contribution in [1.82, 2.24) is 0 Å². The van der Waals surface area contributed by atoms with Crippen LogP contribution >= 0.6 is 0 Å². The first kappa shape index (κ1) is 23.6. The SMILES string of the molecule is CCC[n+]1ccccc1C.O=S(=O)([N-]S(=O)(=O)C(F)(F)F)C(F)(F)F. The lowest BCUT2D eigenvalue weighted by Crippen LogP contribution is -2.35. The van der Waals surface area contributed by atoms with Gasteiger partial charge in [-0.3, -0.25) is 0 Å². The Morgan fingerprint density at radius 3 is 1.72 bits per heavy atom.